The van der Waals surface area contributed by atoms with Crippen molar-refractivity contribution in [3.8, 4) is 0 Å². The molecule has 1 atom stereocenters. The third kappa shape index (κ3) is 8.46. The molecule has 4 heteroatoms. The van der Waals surface area contributed by atoms with Gasteiger partial charge in [0, 0.05) is 5.75 Å². The van der Waals surface area contributed by atoms with Crippen LogP contribution in [0.4, 0.5) is 0 Å². The van der Waals surface area contributed by atoms with Crippen LogP contribution in [0.15, 0.2) is 0 Å². The molecule has 1 unspecified atom stereocenters. The Hall–Kier alpha value is 0.460. The second-order valence-electron chi connectivity index (χ2n) is 2.14. The Kier molecular flexibility index (Phi) is 7.91. The Bertz CT molecular complexity index is 97.7. The molecule has 0 bridgehead atoms. The van der Waals surface area contributed by atoms with Gasteiger partial charge in [-0.15, -0.1) is 0 Å². The average molecular weight is 181 g/mol. The molecule has 0 rings (SSSR count). The van der Waals surface area contributed by atoms with Crippen LogP contribution in [0.1, 0.15) is 32.6 Å². The van der Waals surface area contributed by atoms with Gasteiger partial charge >= 0.3 is 0 Å². The highest BCUT2D eigenvalue weighted by molar-refractivity contribution is 8.68. The van der Waals surface area contributed by atoms with Gasteiger partial charge in [-0.05, 0) is 17.2 Å². The van der Waals surface area contributed by atoms with E-state index >= 15 is 0 Å². The van der Waals surface area contributed by atoms with Crippen molar-refractivity contribution >= 4 is 20.8 Å². The first-order valence-corrected chi connectivity index (χ1v) is 6.28. The van der Waals surface area contributed by atoms with Gasteiger partial charge in [-0.1, -0.05) is 26.2 Å². The molecule has 0 aromatic carbocycles. The fourth-order valence-corrected chi connectivity index (χ4v) is 2.00. The maximum Gasteiger partial charge on any atom is 0.150 e. The van der Waals surface area contributed by atoms with Crippen LogP contribution < -0.4 is 5.14 Å². The van der Waals surface area contributed by atoms with E-state index in [1.165, 1.54) is 30.1 Å². The molecule has 2 N–H and O–H groups in total. The summed E-state index contributed by atoms with van der Waals surface area (Å²) in [6.45, 7) is 2.17. The maximum absolute atomic E-state index is 10.3. The predicted molar refractivity (Wildman–Crippen MR) is 48.9 cm³/mol. The summed E-state index contributed by atoms with van der Waals surface area (Å²) < 4.78 is 10.3. The molecule has 0 amide bonds. The van der Waals surface area contributed by atoms with Gasteiger partial charge in [-0.2, -0.15) is 0 Å². The lowest BCUT2D eigenvalue weighted by Gasteiger charge is -1.95. The molecule has 0 spiro atoms. The van der Waals surface area contributed by atoms with Gasteiger partial charge in [0.2, 0.25) is 0 Å². The fraction of sp³-hybridized carbons (Fsp3) is 1.00. The van der Waals surface area contributed by atoms with Gasteiger partial charge in [-0.25, -0.2) is 9.35 Å². The summed E-state index contributed by atoms with van der Waals surface area (Å²) in [5.41, 5.74) is 0. The van der Waals surface area contributed by atoms with Gasteiger partial charge in [0.1, 0.15) is 0 Å². The summed E-state index contributed by atoms with van der Waals surface area (Å²) in [6.07, 6.45) is 4.90. The molecular formula is C6H15NOS2. The van der Waals surface area contributed by atoms with Gasteiger partial charge in [0.05, 0.1) is 0 Å². The van der Waals surface area contributed by atoms with Crippen molar-refractivity contribution in [1.82, 2.24) is 0 Å². The Balaban J connectivity index is 2.84. The zero-order chi connectivity index (χ0) is 7.82. The molecule has 0 heterocycles. The Morgan fingerprint density at radius 1 is 1.40 bits per heavy atom. The van der Waals surface area contributed by atoms with Crippen LogP contribution in [0.5, 0.6) is 0 Å². The molecule has 0 radical (unpaired) electrons. The first-order valence-electron chi connectivity index (χ1n) is 3.56. The minimum Gasteiger partial charge on any atom is -0.243 e. The van der Waals surface area contributed by atoms with Crippen LogP contribution in [-0.4, -0.2) is 9.96 Å². The smallest absolute Gasteiger partial charge is 0.150 e. The quantitative estimate of drug-likeness (QED) is 0.502. The van der Waals surface area contributed by atoms with Gasteiger partial charge in [0.25, 0.3) is 0 Å². The van der Waals surface area contributed by atoms with Crippen molar-refractivity contribution in [3.05, 3.63) is 0 Å². The van der Waals surface area contributed by atoms with E-state index in [4.69, 9.17) is 5.14 Å². The molecule has 0 aromatic heterocycles. The molecule has 0 saturated carbocycles. The number of rotatable bonds is 6. The van der Waals surface area contributed by atoms with Crippen LogP contribution >= 0.6 is 10.8 Å². The molecule has 62 valence electrons. The molecule has 0 fully saturated rings. The second-order valence-corrected chi connectivity index (χ2v) is 5.00. The summed E-state index contributed by atoms with van der Waals surface area (Å²) in [5, 5.41) is 5.04. The monoisotopic (exact) mass is 181 g/mol. The highest BCUT2D eigenvalue weighted by Crippen LogP contribution is 2.08. The van der Waals surface area contributed by atoms with E-state index in [9.17, 15) is 4.21 Å². The van der Waals surface area contributed by atoms with E-state index in [2.05, 4.69) is 6.92 Å². The molecule has 0 aliphatic rings. The van der Waals surface area contributed by atoms with Crippen LogP contribution in [0.2, 0.25) is 0 Å². The molecule has 0 aliphatic carbocycles. The fourth-order valence-electron chi connectivity index (χ4n) is 0.670. The summed E-state index contributed by atoms with van der Waals surface area (Å²) in [5.74, 6) is 0.934. The zero-order valence-electron chi connectivity index (χ0n) is 6.34. The van der Waals surface area contributed by atoms with Crippen molar-refractivity contribution in [3.63, 3.8) is 0 Å². The van der Waals surface area contributed by atoms with Gasteiger partial charge < -0.3 is 0 Å². The van der Waals surface area contributed by atoms with E-state index in [1.54, 1.807) is 0 Å². The van der Waals surface area contributed by atoms with Gasteiger partial charge in [-0.3, -0.25) is 0 Å². The number of hydrogen-bond donors (Lipinski definition) is 1. The van der Waals surface area contributed by atoms with Crippen molar-refractivity contribution < 1.29 is 4.21 Å². The molecule has 10 heavy (non-hydrogen) atoms. The van der Waals surface area contributed by atoms with Crippen LogP contribution in [-0.2, 0) is 10.0 Å². The minimum absolute atomic E-state index is 0.934. The van der Waals surface area contributed by atoms with Crippen LogP contribution in [0.25, 0.3) is 0 Å². The molecule has 0 aliphatic heterocycles. The summed E-state index contributed by atoms with van der Waals surface area (Å²) >= 11 is 0. The van der Waals surface area contributed by atoms with Crippen molar-refractivity contribution in [1.29, 1.82) is 0 Å². The third-order valence-corrected chi connectivity index (χ3v) is 3.08. The van der Waals surface area contributed by atoms with E-state index in [0.29, 0.717) is 0 Å². The summed E-state index contributed by atoms with van der Waals surface area (Å²) in [7, 11) is 0.177. The largest absolute Gasteiger partial charge is 0.243 e. The number of hydrogen-bond acceptors (Lipinski definition) is 2. The SMILES string of the molecule is CCCCCCSS(N)=O. The predicted octanol–water partition coefficient (Wildman–Crippen LogP) is 1.84. The Morgan fingerprint density at radius 3 is 2.60 bits per heavy atom. The van der Waals surface area contributed by atoms with E-state index in [0.717, 1.165) is 12.2 Å². The third-order valence-electron chi connectivity index (χ3n) is 1.20. The van der Waals surface area contributed by atoms with Crippen molar-refractivity contribution in [2.45, 2.75) is 32.6 Å². The lowest BCUT2D eigenvalue weighted by Crippen LogP contribution is -1.96. The average Bonchev–Trinajstić information content (AvgIpc) is 1.87. The molecular weight excluding hydrogens is 166 g/mol. The van der Waals surface area contributed by atoms with Gasteiger partial charge in [0.15, 0.2) is 10.0 Å². The number of unbranched alkanes of at least 4 members (excludes halogenated alkanes) is 3. The second kappa shape index (κ2) is 7.57. The normalized spacial score (nSPS) is 13.4. The topological polar surface area (TPSA) is 43.1 Å². The van der Waals surface area contributed by atoms with E-state index in [-0.39, 0.29) is 0 Å². The van der Waals surface area contributed by atoms with Crippen molar-refractivity contribution in [2.24, 2.45) is 5.14 Å². The lowest BCUT2D eigenvalue weighted by molar-refractivity contribution is 0.692. The minimum atomic E-state index is -1.15. The standard InChI is InChI=1S/C6H15NOS2/c1-2-3-4-5-6-9-10(7)8/h2-7H2,1H3. The lowest BCUT2D eigenvalue weighted by atomic mass is 10.2. The summed E-state index contributed by atoms with van der Waals surface area (Å²) in [4.78, 5) is 0. The summed E-state index contributed by atoms with van der Waals surface area (Å²) in [6, 6.07) is 0. The Morgan fingerprint density at radius 2 is 2.10 bits per heavy atom. The van der Waals surface area contributed by atoms with Crippen molar-refractivity contribution in [2.75, 3.05) is 5.75 Å². The van der Waals surface area contributed by atoms with E-state index in [1.807, 2.05) is 0 Å². The molecule has 2 nitrogen and oxygen atoms in total. The first kappa shape index (κ1) is 10.5. The van der Waals surface area contributed by atoms with Crippen LogP contribution in [0.3, 0.4) is 0 Å². The molecule has 0 aromatic rings. The number of nitrogens with two attached hydrogens (primary N) is 1. The highest BCUT2D eigenvalue weighted by atomic mass is 33.1. The first-order chi connectivity index (χ1) is 4.77. The highest BCUT2D eigenvalue weighted by Gasteiger charge is 1.91. The Labute approximate surface area is 68.9 Å². The maximum atomic E-state index is 10.3. The zero-order valence-corrected chi connectivity index (χ0v) is 7.97. The van der Waals surface area contributed by atoms with Crippen LogP contribution in [0, 0.1) is 0 Å². The van der Waals surface area contributed by atoms with E-state index < -0.39 is 10.0 Å². The molecule has 0 saturated heterocycles.